The first-order valence-electron chi connectivity index (χ1n) is 7.98. The van der Waals surface area contributed by atoms with Gasteiger partial charge in [0.05, 0.1) is 6.54 Å². The van der Waals surface area contributed by atoms with Gasteiger partial charge in [0.1, 0.15) is 0 Å². The maximum atomic E-state index is 12.5. The van der Waals surface area contributed by atoms with Crippen LogP contribution in [0.3, 0.4) is 0 Å². The predicted molar refractivity (Wildman–Crippen MR) is 91.4 cm³/mol. The zero-order chi connectivity index (χ0) is 18.6. The highest BCUT2D eigenvalue weighted by molar-refractivity contribution is 5.94. The highest BCUT2D eigenvalue weighted by Crippen LogP contribution is 2.27. The molecule has 0 saturated carbocycles. The summed E-state index contributed by atoms with van der Waals surface area (Å²) in [5, 5.41) is 6.11. The molecule has 3 aromatic rings. The maximum Gasteiger partial charge on any atom is 0.435 e. The van der Waals surface area contributed by atoms with Crippen molar-refractivity contribution in [2.45, 2.75) is 12.7 Å². The molecule has 0 aliphatic heterocycles. The molecule has 0 atom stereocenters. The van der Waals surface area contributed by atoms with Crippen molar-refractivity contribution in [3.8, 4) is 11.1 Å². The lowest BCUT2D eigenvalue weighted by molar-refractivity contribution is -0.141. The summed E-state index contributed by atoms with van der Waals surface area (Å²) in [6.45, 7) is 0.335. The van der Waals surface area contributed by atoms with Crippen molar-refractivity contribution in [2.75, 3.05) is 6.54 Å². The lowest BCUT2D eigenvalue weighted by Crippen LogP contribution is -2.27. The van der Waals surface area contributed by atoms with Crippen molar-refractivity contribution in [3.63, 3.8) is 0 Å². The summed E-state index contributed by atoms with van der Waals surface area (Å²) < 4.78 is 38.6. The second kappa shape index (κ2) is 7.43. The number of carbonyl (C=O) groups excluding carboxylic acids is 1. The quantitative estimate of drug-likeness (QED) is 0.749. The van der Waals surface area contributed by atoms with Gasteiger partial charge in [-0.1, -0.05) is 42.5 Å². The summed E-state index contributed by atoms with van der Waals surface area (Å²) in [4.78, 5) is 12.1. The molecular weight excluding hydrogens is 343 g/mol. The molecule has 0 spiro atoms. The highest BCUT2D eigenvalue weighted by Gasteiger charge is 2.33. The first-order valence-corrected chi connectivity index (χ1v) is 7.98. The molecule has 0 aliphatic carbocycles. The Labute approximate surface area is 148 Å². The summed E-state index contributed by atoms with van der Waals surface area (Å²) in [5.41, 5.74) is 1.60. The Bertz CT molecular complexity index is 871. The summed E-state index contributed by atoms with van der Waals surface area (Å²) in [6.07, 6.45) is -3.22. The summed E-state index contributed by atoms with van der Waals surface area (Å²) in [5.74, 6) is -0.284. The minimum Gasteiger partial charge on any atom is -0.350 e. The molecule has 1 amide bonds. The van der Waals surface area contributed by atoms with Crippen molar-refractivity contribution in [1.29, 1.82) is 0 Å². The number of benzene rings is 2. The number of hydrogen-bond donors (Lipinski definition) is 1. The van der Waals surface area contributed by atoms with Gasteiger partial charge in [0, 0.05) is 18.3 Å². The van der Waals surface area contributed by atoms with Crippen molar-refractivity contribution in [1.82, 2.24) is 15.1 Å². The van der Waals surface area contributed by atoms with E-state index in [9.17, 15) is 18.0 Å². The number of amides is 1. The van der Waals surface area contributed by atoms with E-state index in [4.69, 9.17) is 0 Å². The average Bonchev–Trinajstić information content (AvgIpc) is 3.12. The van der Waals surface area contributed by atoms with E-state index in [0.717, 1.165) is 21.9 Å². The van der Waals surface area contributed by atoms with Crippen LogP contribution in [0.1, 0.15) is 16.1 Å². The Morgan fingerprint density at radius 3 is 2.23 bits per heavy atom. The summed E-state index contributed by atoms with van der Waals surface area (Å²) >= 11 is 0. The van der Waals surface area contributed by atoms with Gasteiger partial charge >= 0.3 is 6.18 Å². The Kier molecular flexibility index (Phi) is 5.06. The normalized spacial score (nSPS) is 11.3. The van der Waals surface area contributed by atoms with E-state index in [-0.39, 0.29) is 19.0 Å². The molecule has 7 heteroatoms. The second-order valence-corrected chi connectivity index (χ2v) is 5.66. The number of nitrogens with zero attached hydrogens (tertiary/aromatic N) is 2. The zero-order valence-electron chi connectivity index (χ0n) is 13.7. The standard InChI is InChI=1S/C19H16F3N3O/c20-19(21,22)17-10-12-25(24-17)13-11-23-18(26)16-8-6-15(7-9-16)14-4-2-1-3-5-14/h1-10,12H,11,13H2,(H,23,26). The van der Waals surface area contributed by atoms with Crippen molar-refractivity contribution in [3.05, 3.63) is 78.1 Å². The van der Waals surface area contributed by atoms with E-state index < -0.39 is 11.9 Å². The van der Waals surface area contributed by atoms with Gasteiger partial charge in [-0.05, 0) is 29.3 Å². The van der Waals surface area contributed by atoms with Gasteiger partial charge in [0.2, 0.25) is 0 Å². The molecule has 0 fully saturated rings. The monoisotopic (exact) mass is 359 g/mol. The van der Waals surface area contributed by atoms with Crippen molar-refractivity contribution in [2.24, 2.45) is 0 Å². The third-order valence-corrected chi connectivity index (χ3v) is 3.81. The van der Waals surface area contributed by atoms with Gasteiger partial charge in [0.15, 0.2) is 5.69 Å². The molecule has 0 radical (unpaired) electrons. The fraction of sp³-hybridized carbons (Fsp3) is 0.158. The van der Waals surface area contributed by atoms with Crippen LogP contribution in [0, 0.1) is 0 Å². The van der Waals surface area contributed by atoms with Gasteiger partial charge < -0.3 is 5.32 Å². The number of nitrogens with one attached hydrogen (secondary N) is 1. The van der Waals surface area contributed by atoms with Crippen LogP contribution in [0.4, 0.5) is 13.2 Å². The van der Waals surface area contributed by atoms with Crippen LogP contribution in [0.5, 0.6) is 0 Å². The van der Waals surface area contributed by atoms with Crippen LogP contribution in [0.2, 0.25) is 0 Å². The highest BCUT2D eigenvalue weighted by atomic mass is 19.4. The second-order valence-electron chi connectivity index (χ2n) is 5.66. The Balaban J connectivity index is 1.54. The molecule has 3 rings (SSSR count). The molecule has 0 bridgehead atoms. The van der Waals surface area contributed by atoms with Crippen molar-refractivity contribution < 1.29 is 18.0 Å². The first-order chi connectivity index (χ1) is 12.4. The number of alkyl halides is 3. The molecule has 0 aliphatic rings. The zero-order valence-corrected chi connectivity index (χ0v) is 13.7. The molecule has 1 aromatic heterocycles. The number of rotatable bonds is 5. The molecule has 0 unspecified atom stereocenters. The van der Waals surface area contributed by atoms with Crippen LogP contribution in [0.15, 0.2) is 66.9 Å². The first kappa shape index (κ1) is 17.7. The van der Waals surface area contributed by atoms with Crippen molar-refractivity contribution >= 4 is 5.91 Å². The van der Waals surface area contributed by atoms with Crippen LogP contribution >= 0.6 is 0 Å². The van der Waals surface area contributed by atoms with Gasteiger partial charge in [0.25, 0.3) is 5.91 Å². The summed E-state index contributed by atoms with van der Waals surface area (Å²) in [6, 6.07) is 17.8. The average molecular weight is 359 g/mol. The number of halogens is 3. The molecular formula is C19H16F3N3O. The molecule has 1 N–H and O–H groups in total. The fourth-order valence-electron chi connectivity index (χ4n) is 2.47. The van der Waals surface area contributed by atoms with E-state index >= 15 is 0 Å². The SMILES string of the molecule is O=C(NCCn1ccc(C(F)(F)F)n1)c1ccc(-c2ccccc2)cc1. The predicted octanol–water partition coefficient (Wildman–Crippen LogP) is 4.00. The van der Waals surface area contributed by atoms with Crippen LogP contribution < -0.4 is 5.32 Å². The largest absolute Gasteiger partial charge is 0.435 e. The smallest absolute Gasteiger partial charge is 0.350 e. The van der Waals surface area contributed by atoms with Gasteiger partial charge in [-0.15, -0.1) is 0 Å². The number of hydrogen-bond acceptors (Lipinski definition) is 2. The van der Waals surface area contributed by atoms with E-state index in [2.05, 4.69) is 10.4 Å². The van der Waals surface area contributed by atoms with Gasteiger partial charge in [-0.25, -0.2) is 0 Å². The van der Waals surface area contributed by atoms with Crippen LogP contribution in [-0.4, -0.2) is 22.2 Å². The number of carbonyl (C=O) groups is 1. The third kappa shape index (κ3) is 4.30. The molecule has 0 saturated heterocycles. The minimum absolute atomic E-state index is 0.157. The lowest BCUT2D eigenvalue weighted by atomic mass is 10.0. The number of aromatic nitrogens is 2. The molecule has 26 heavy (non-hydrogen) atoms. The Morgan fingerprint density at radius 1 is 0.962 bits per heavy atom. The molecule has 2 aromatic carbocycles. The van der Waals surface area contributed by atoms with Crippen LogP contribution in [-0.2, 0) is 12.7 Å². The van der Waals surface area contributed by atoms with Gasteiger partial charge in [-0.3, -0.25) is 9.48 Å². The van der Waals surface area contributed by atoms with Gasteiger partial charge in [-0.2, -0.15) is 18.3 Å². The molecule has 4 nitrogen and oxygen atoms in total. The Hall–Kier alpha value is -3.09. The van der Waals surface area contributed by atoms with E-state index in [1.54, 1.807) is 12.1 Å². The van der Waals surface area contributed by atoms with E-state index in [0.29, 0.717) is 5.56 Å². The molecule has 134 valence electrons. The van der Waals surface area contributed by atoms with Crippen LogP contribution in [0.25, 0.3) is 11.1 Å². The third-order valence-electron chi connectivity index (χ3n) is 3.81. The topological polar surface area (TPSA) is 46.9 Å². The van der Waals surface area contributed by atoms with E-state index in [1.807, 2.05) is 42.5 Å². The lowest BCUT2D eigenvalue weighted by Gasteiger charge is -2.07. The molecule has 1 heterocycles. The fourth-order valence-corrected chi connectivity index (χ4v) is 2.47. The maximum absolute atomic E-state index is 12.5. The minimum atomic E-state index is -4.46. The summed E-state index contributed by atoms with van der Waals surface area (Å²) in [7, 11) is 0. The van der Waals surface area contributed by atoms with E-state index in [1.165, 1.54) is 6.20 Å². The Morgan fingerprint density at radius 2 is 1.62 bits per heavy atom.